The van der Waals surface area contributed by atoms with Crippen molar-refractivity contribution in [3.63, 3.8) is 0 Å². The van der Waals surface area contributed by atoms with Gasteiger partial charge in [0, 0.05) is 25.1 Å². The highest BCUT2D eigenvalue weighted by atomic mass is 32.1. The number of carbonyl (C=O) groups excluding carboxylic acids is 1. The zero-order valence-corrected chi connectivity index (χ0v) is 16.8. The quantitative estimate of drug-likeness (QED) is 0.428. The summed E-state index contributed by atoms with van der Waals surface area (Å²) in [5.41, 5.74) is 0.887. The molecule has 1 aliphatic heterocycles. The van der Waals surface area contributed by atoms with E-state index in [1.165, 1.54) is 7.11 Å². The largest absolute Gasteiger partial charge is 0.497 e. The first-order valence-electron chi connectivity index (χ1n) is 8.91. The lowest BCUT2D eigenvalue weighted by Crippen LogP contribution is -2.38. The summed E-state index contributed by atoms with van der Waals surface area (Å²) in [5, 5.41) is 14.7. The molecule has 0 amide bonds. The van der Waals surface area contributed by atoms with Crippen molar-refractivity contribution in [3.05, 3.63) is 41.7 Å². The summed E-state index contributed by atoms with van der Waals surface area (Å²) >= 11 is 5.61. The zero-order chi connectivity index (χ0) is 20.3. The van der Waals surface area contributed by atoms with E-state index in [2.05, 4.69) is 11.7 Å². The van der Waals surface area contributed by atoms with Crippen LogP contribution in [0.3, 0.4) is 0 Å². The van der Waals surface area contributed by atoms with Gasteiger partial charge in [0.15, 0.2) is 10.6 Å². The third kappa shape index (κ3) is 4.01. The van der Waals surface area contributed by atoms with Crippen molar-refractivity contribution in [1.29, 1.82) is 0 Å². The van der Waals surface area contributed by atoms with Gasteiger partial charge in [-0.3, -0.25) is 14.3 Å². The molecule has 1 aromatic heterocycles. The molecule has 0 saturated carbocycles. The van der Waals surface area contributed by atoms with Gasteiger partial charge in [-0.05, 0) is 36.5 Å². The minimum atomic E-state index is -0.588. The topological polar surface area (TPSA) is 81.8 Å². The second-order valence-electron chi connectivity index (χ2n) is 6.57. The van der Waals surface area contributed by atoms with Crippen molar-refractivity contribution in [3.8, 4) is 17.1 Å². The summed E-state index contributed by atoms with van der Waals surface area (Å²) in [5.74, 6) is 1.08. The molecule has 0 unspecified atom stereocenters. The fourth-order valence-electron chi connectivity index (χ4n) is 3.37. The molecule has 2 aromatic rings. The van der Waals surface area contributed by atoms with Gasteiger partial charge in [0.2, 0.25) is 0 Å². The van der Waals surface area contributed by atoms with Crippen molar-refractivity contribution < 1.29 is 19.4 Å². The van der Waals surface area contributed by atoms with Crippen LogP contribution < -0.4 is 4.74 Å². The minimum Gasteiger partial charge on any atom is -0.497 e. The lowest BCUT2D eigenvalue weighted by atomic mass is 10.2. The number of aliphatic hydroxyl groups excluding tert-OH is 1. The fraction of sp³-hybridized carbons (Fsp3) is 0.421. The number of ether oxygens (including phenoxy) is 2. The summed E-state index contributed by atoms with van der Waals surface area (Å²) in [6.07, 6.45) is 1.50. The first-order chi connectivity index (χ1) is 13.5. The lowest BCUT2D eigenvalue weighted by molar-refractivity contribution is -0.146. The Morgan fingerprint density at radius 2 is 2.11 bits per heavy atom. The Kier molecular flexibility index (Phi) is 6.28. The van der Waals surface area contributed by atoms with Crippen LogP contribution in [0, 0.1) is 4.77 Å². The molecule has 1 aromatic carbocycles. The van der Waals surface area contributed by atoms with Crippen molar-refractivity contribution in [2.45, 2.75) is 31.8 Å². The second kappa shape index (κ2) is 8.68. The van der Waals surface area contributed by atoms with Crippen LogP contribution in [0.5, 0.6) is 5.75 Å². The van der Waals surface area contributed by atoms with Crippen LogP contribution in [0.15, 0.2) is 36.9 Å². The Bertz CT molecular complexity index is 906. The number of β-amino-alcohol motifs (C(OH)–C–C–N with tert-alkyl or cyclic N) is 1. The van der Waals surface area contributed by atoms with Gasteiger partial charge in [0.1, 0.15) is 11.8 Å². The van der Waals surface area contributed by atoms with Crippen molar-refractivity contribution in [1.82, 2.24) is 19.2 Å². The number of aliphatic hydroxyl groups is 1. The standard InChI is InChI=1S/C19H24N4O4S/c1-4-9-22-17(13-5-7-15(26-2)8-6-13)20-23(19(22)28)12-21-11-14(24)10-16(21)18(25)27-3/h4-8,14,16,24H,1,9-12H2,2-3H3/t14-,16+/m1/s1. The molecule has 0 aliphatic carbocycles. The Morgan fingerprint density at radius 3 is 2.71 bits per heavy atom. The molecular formula is C19H24N4O4S. The third-order valence-electron chi connectivity index (χ3n) is 4.75. The average Bonchev–Trinajstić information content (AvgIpc) is 3.22. The van der Waals surface area contributed by atoms with Crippen molar-refractivity contribution in [2.24, 2.45) is 0 Å². The first-order valence-corrected chi connectivity index (χ1v) is 9.32. The highest BCUT2D eigenvalue weighted by molar-refractivity contribution is 7.71. The summed E-state index contributed by atoms with van der Waals surface area (Å²) in [6, 6.07) is 7.03. The van der Waals surface area contributed by atoms with Crippen LogP contribution in [0.4, 0.5) is 0 Å². The van der Waals surface area contributed by atoms with E-state index < -0.39 is 12.1 Å². The van der Waals surface area contributed by atoms with Gasteiger partial charge in [-0.2, -0.15) is 5.10 Å². The number of hydrogen-bond donors (Lipinski definition) is 1. The molecular weight excluding hydrogens is 380 g/mol. The predicted octanol–water partition coefficient (Wildman–Crippen LogP) is 1.84. The molecule has 0 radical (unpaired) electrons. The summed E-state index contributed by atoms with van der Waals surface area (Å²) in [4.78, 5) is 13.9. The number of benzene rings is 1. The number of likely N-dealkylation sites (tertiary alicyclic amines) is 1. The minimum absolute atomic E-state index is 0.281. The molecule has 1 aliphatic rings. The maximum atomic E-state index is 12.0. The molecule has 8 nitrogen and oxygen atoms in total. The fourth-order valence-corrected chi connectivity index (χ4v) is 3.63. The molecule has 9 heteroatoms. The number of rotatable bonds is 7. The number of methoxy groups -OCH3 is 2. The van der Waals surface area contributed by atoms with Crippen LogP contribution in [-0.4, -0.2) is 63.2 Å². The smallest absolute Gasteiger partial charge is 0.323 e. The monoisotopic (exact) mass is 404 g/mol. The average molecular weight is 404 g/mol. The van der Waals surface area contributed by atoms with E-state index in [0.717, 1.165) is 11.3 Å². The van der Waals surface area contributed by atoms with Gasteiger partial charge in [0.05, 0.1) is 27.0 Å². The molecule has 1 N–H and O–H groups in total. The Labute approximate surface area is 168 Å². The maximum Gasteiger partial charge on any atom is 0.323 e. The van der Waals surface area contributed by atoms with Crippen LogP contribution in [0.2, 0.25) is 0 Å². The number of carbonyl (C=O) groups is 1. The van der Waals surface area contributed by atoms with Crippen molar-refractivity contribution >= 4 is 18.2 Å². The van der Waals surface area contributed by atoms with Crippen LogP contribution in [-0.2, 0) is 22.7 Å². The van der Waals surface area contributed by atoms with E-state index in [1.54, 1.807) is 17.9 Å². The highest BCUT2D eigenvalue weighted by Gasteiger charge is 2.37. The lowest BCUT2D eigenvalue weighted by Gasteiger charge is -2.21. The number of hydrogen-bond acceptors (Lipinski definition) is 7. The zero-order valence-electron chi connectivity index (χ0n) is 15.9. The van der Waals surface area contributed by atoms with Gasteiger partial charge in [-0.1, -0.05) is 6.08 Å². The van der Waals surface area contributed by atoms with E-state index >= 15 is 0 Å². The number of allylic oxidation sites excluding steroid dienone is 1. The number of esters is 1. The van der Waals surface area contributed by atoms with E-state index in [1.807, 2.05) is 33.7 Å². The molecule has 1 saturated heterocycles. The Morgan fingerprint density at radius 1 is 1.39 bits per heavy atom. The summed E-state index contributed by atoms with van der Waals surface area (Å²) < 4.78 is 14.1. The molecule has 3 rings (SSSR count). The number of nitrogens with zero attached hydrogens (tertiary/aromatic N) is 4. The Balaban J connectivity index is 1.94. The van der Waals surface area contributed by atoms with Crippen molar-refractivity contribution in [2.75, 3.05) is 20.8 Å². The normalized spacial score (nSPS) is 19.5. The molecule has 2 heterocycles. The van der Waals surface area contributed by atoms with E-state index in [4.69, 9.17) is 21.7 Å². The Hall–Kier alpha value is -2.49. The SMILES string of the molecule is C=CCn1c(-c2ccc(OC)cc2)nn(CN2C[C@H](O)C[C@H]2C(=O)OC)c1=S. The second-order valence-corrected chi connectivity index (χ2v) is 6.94. The molecule has 0 bridgehead atoms. The van der Waals surface area contributed by atoms with Crippen LogP contribution in [0.25, 0.3) is 11.4 Å². The van der Waals surface area contributed by atoms with E-state index in [0.29, 0.717) is 30.1 Å². The summed E-state index contributed by atoms with van der Waals surface area (Å²) in [6.45, 7) is 4.94. The molecule has 28 heavy (non-hydrogen) atoms. The van der Waals surface area contributed by atoms with Gasteiger partial charge >= 0.3 is 5.97 Å². The molecule has 150 valence electrons. The third-order valence-corrected chi connectivity index (χ3v) is 5.18. The molecule has 2 atom stereocenters. The van der Waals surface area contributed by atoms with Crippen LogP contribution >= 0.6 is 12.2 Å². The van der Waals surface area contributed by atoms with Gasteiger partial charge in [0.25, 0.3) is 0 Å². The van der Waals surface area contributed by atoms with Gasteiger partial charge < -0.3 is 14.6 Å². The molecule has 1 fully saturated rings. The van der Waals surface area contributed by atoms with Crippen LogP contribution in [0.1, 0.15) is 6.42 Å². The first kappa shape index (κ1) is 20.2. The molecule has 0 spiro atoms. The van der Waals surface area contributed by atoms with E-state index in [-0.39, 0.29) is 12.6 Å². The predicted molar refractivity (Wildman–Crippen MR) is 106 cm³/mol. The summed E-state index contributed by atoms with van der Waals surface area (Å²) in [7, 11) is 2.96. The van der Waals surface area contributed by atoms with Gasteiger partial charge in [-0.25, -0.2) is 4.68 Å². The highest BCUT2D eigenvalue weighted by Crippen LogP contribution is 2.24. The maximum absolute atomic E-state index is 12.0. The van der Waals surface area contributed by atoms with E-state index in [9.17, 15) is 9.90 Å². The number of aromatic nitrogens is 3. The van der Waals surface area contributed by atoms with Gasteiger partial charge in [-0.15, -0.1) is 6.58 Å².